The lowest BCUT2D eigenvalue weighted by atomic mass is 10.2. The van der Waals surface area contributed by atoms with Crippen LogP contribution in [-0.4, -0.2) is 23.5 Å². The van der Waals surface area contributed by atoms with Gasteiger partial charge in [0.05, 0.1) is 4.92 Å². The summed E-state index contributed by atoms with van der Waals surface area (Å²) in [6, 6.07) is 4.75. The summed E-state index contributed by atoms with van der Waals surface area (Å²) < 4.78 is 0. The van der Waals surface area contributed by atoms with Crippen molar-refractivity contribution in [2.24, 2.45) is 0 Å². The van der Waals surface area contributed by atoms with Crippen LogP contribution in [0, 0.1) is 10.1 Å². The van der Waals surface area contributed by atoms with Gasteiger partial charge in [-0.05, 0) is 37.0 Å². The highest BCUT2D eigenvalue weighted by Crippen LogP contribution is 2.24. The van der Waals surface area contributed by atoms with Gasteiger partial charge in [-0.25, -0.2) is 0 Å². The fourth-order valence-corrected chi connectivity index (χ4v) is 2.28. The predicted octanol–water partition coefficient (Wildman–Crippen LogP) is 3.51. The molecule has 0 aliphatic rings. The smallest absolute Gasteiger partial charge is 0.292 e. The Bertz CT molecular complexity index is 413. The van der Waals surface area contributed by atoms with Gasteiger partial charge < -0.3 is 11.1 Å². The zero-order valence-electron chi connectivity index (χ0n) is 11.2. The Morgan fingerprint density at radius 3 is 2.68 bits per heavy atom. The molecule has 0 saturated carbocycles. The molecule has 0 bridgehead atoms. The van der Waals surface area contributed by atoms with Crippen LogP contribution in [0.25, 0.3) is 0 Å². The first-order valence-electron chi connectivity index (χ1n) is 6.42. The molecule has 0 heterocycles. The molecule has 0 atom stereocenters. The molecule has 1 rings (SSSR count). The summed E-state index contributed by atoms with van der Waals surface area (Å²) in [5.74, 6) is 1.23. The first-order chi connectivity index (χ1) is 9.15. The molecule has 6 heteroatoms. The quantitative estimate of drug-likeness (QED) is 0.314. The van der Waals surface area contributed by atoms with Gasteiger partial charge in [-0.15, -0.1) is 0 Å². The standard InChI is InChI=1S/C13H21N3O2S/c1-19-9-5-3-2-4-8-15-11-6-7-13(16(17)18)12(14)10-11/h6-7,10,15H,2-5,8-9,14H2,1H3. The predicted molar refractivity (Wildman–Crippen MR) is 82.8 cm³/mol. The number of nitrogen functional groups attached to an aromatic ring is 1. The maximum atomic E-state index is 10.6. The number of nitro benzene ring substituents is 1. The molecule has 0 saturated heterocycles. The number of anilines is 2. The summed E-state index contributed by atoms with van der Waals surface area (Å²) in [6.45, 7) is 0.872. The number of rotatable bonds is 9. The average Bonchev–Trinajstić information content (AvgIpc) is 2.37. The monoisotopic (exact) mass is 283 g/mol. The Morgan fingerprint density at radius 2 is 2.05 bits per heavy atom. The molecular formula is C13H21N3O2S. The minimum Gasteiger partial charge on any atom is -0.393 e. The second kappa shape index (κ2) is 8.63. The number of nitro groups is 1. The van der Waals surface area contributed by atoms with Gasteiger partial charge in [0.1, 0.15) is 5.69 Å². The van der Waals surface area contributed by atoms with Crippen LogP contribution >= 0.6 is 11.8 Å². The molecule has 0 aliphatic carbocycles. The molecule has 106 valence electrons. The van der Waals surface area contributed by atoms with Gasteiger partial charge in [-0.1, -0.05) is 12.8 Å². The van der Waals surface area contributed by atoms with Crippen molar-refractivity contribution >= 4 is 28.8 Å². The van der Waals surface area contributed by atoms with Crippen molar-refractivity contribution in [3.05, 3.63) is 28.3 Å². The van der Waals surface area contributed by atoms with Crippen LogP contribution in [0.4, 0.5) is 17.1 Å². The number of hydrogen-bond acceptors (Lipinski definition) is 5. The van der Waals surface area contributed by atoms with E-state index < -0.39 is 4.92 Å². The van der Waals surface area contributed by atoms with Crippen LogP contribution < -0.4 is 11.1 Å². The first-order valence-corrected chi connectivity index (χ1v) is 7.81. The minimum absolute atomic E-state index is 0.0392. The summed E-state index contributed by atoms with van der Waals surface area (Å²) in [4.78, 5) is 10.2. The van der Waals surface area contributed by atoms with E-state index in [0.717, 1.165) is 18.7 Å². The van der Waals surface area contributed by atoms with Gasteiger partial charge in [0, 0.05) is 18.3 Å². The number of nitrogens with two attached hydrogens (primary N) is 1. The van der Waals surface area contributed by atoms with Crippen molar-refractivity contribution in [1.29, 1.82) is 0 Å². The van der Waals surface area contributed by atoms with Crippen LogP contribution in [0.1, 0.15) is 25.7 Å². The second-order valence-electron chi connectivity index (χ2n) is 4.36. The summed E-state index contributed by atoms with van der Waals surface area (Å²) >= 11 is 1.88. The average molecular weight is 283 g/mol. The summed E-state index contributed by atoms with van der Waals surface area (Å²) in [6.07, 6.45) is 6.96. The van der Waals surface area contributed by atoms with Crippen molar-refractivity contribution in [2.45, 2.75) is 25.7 Å². The number of unbranched alkanes of at least 4 members (excludes halogenated alkanes) is 3. The third-order valence-corrected chi connectivity index (χ3v) is 3.53. The van der Waals surface area contributed by atoms with Crippen LogP contribution in [0.2, 0.25) is 0 Å². The van der Waals surface area contributed by atoms with Crippen molar-refractivity contribution in [3.8, 4) is 0 Å². The van der Waals surface area contributed by atoms with Gasteiger partial charge in [-0.2, -0.15) is 11.8 Å². The molecular weight excluding hydrogens is 262 g/mol. The van der Waals surface area contributed by atoms with E-state index in [1.807, 2.05) is 11.8 Å². The largest absolute Gasteiger partial charge is 0.393 e. The highest BCUT2D eigenvalue weighted by atomic mass is 32.2. The van der Waals surface area contributed by atoms with Gasteiger partial charge >= 0.3 is 0 Å². The topological polar surface area (TPSA) is 81.2 Å². The van der Waals surface area contributed by atoms with Crippen molar-refractivity contribution < 1.29 is 4.92 Å². The Hall–Kier alpha value is -1.43. The Morgan fingerprint density at radius 1 is 1.32 bits per heavy atom. The number of nitrogens with zero attached hydrogens (tertiary/aromatic N) is 1. The van der Waals surface area contributed by atoms with E-state index in [0.29, 0.717) is 0 Å². The van der Waals surface area contributed by atoms with Gasteiger partial charge in [0.25, 0.3) is 5.69 Å². The Labute approximate surface area is 118 Å². The fraction of sp³-hybridized carbons (Fsp3) is 0.538. The molecule has 5 nitrogen and oxygen atoms in total. The molecule has 0 spiro atoms. The summed E-state index contributed by atoms with van der Waals surface area (Å²) in [5, 5.41) is 13.9. The van der Waals surface area contributed by atoms with Crippen molar-refractivity contribution in [2.75, 3.05) is 29.6 Å². The number of hydrogen-bond donors (Lipinski definition) is 2. The van der Waals surface area contributed by atoms with E-state index in [1.54, 1.807) is 12.1 Å². The van der Waals surface area contributed by atoms with E-state index in [1.165, 1.54) is 31.1 Å². The van der Waals surface area contributed by atoms with Gasteiger partial charge in [0.15, 0.2) is 0 Å². The molecule has 0 amide bonds. The third-order valence-electron chi connectivity index (χ3n) is 2.83. The van der Waals surface area contributed by atoms with E-state index in [9.17, 15) is 10.1 Å². The minimum atomic E-state index is -0.467. The third kappa shape index (κ3) is 5.83. The molecule has 3 N–H and O–H groups in total. The Kier molecular flexibility index (Phi) is 7.10. The first kappa shape index (κ1) is 15.6. The van der Waals surface area contributed by atoms with E-state index in [-0.39, 0.29) is 11.4 Å². The number of nitrogens with one attached hydrogen (secondary N) is 1. The van der Waals surface area contributed by atoms with Crippen LogP contribution in [0.5, 0.6) is 0 Å². The number of benzene rings is 1. The zero-order chi connectivity index (χ0) is 14.1. The normalized spacial score (nSPS) is 10.4. The maximum absolute atomic E-state index is 10.6. The molecule has 0 fully saturated rings. The highest BCUT2D eigenvalue weighted by molar-refractivity contribution is 7.98. The second-order valence-corrected chi connectivity index (χ2v) is 5.35. The Balaban J connectivity index is 2.26. The highest BCUT2D eigenvalue weighted by Gasteiger charge is 2.10. The van der Waals surface area contributed by atoms with E-state index >= 15 is 0 Å². The summed E-state index contributed by atoms with van der Waals surface area (Å²) in [5.41, 5.74) is 6.63. The van der Waals surface area contributed by atoms with Crippen molar-refractivity contribution in [1.82, 2.24) is 0 Å². The lowest BCUT2D eigenvalue weighted by Gasteiger charge is -2.07. The molecule has 0 radical (unpaired) electrons. The van der Waals surface area contributed by atoms with E-state index in [4.69, 9.17) is 5.73 Å². The van der Waals surface area contributed by atoms with Crippen LogP contribution in [0.15, 0.2) is 18.2 Å². The van der Waals surface area contributed by atoms with Crippen LogP contribution in [-0.2, 0) is 0 Å². The molecule has 1 aromatic carbocycles. The SMILES string of the molecule is CSCCCCCCNc1ccc([N+](=O)[O-])c(N)c1. The molecule has 0 aromatic heterocycles. The fourth-order valence-electron chi connectivity index (χ4n) is 1.79. The molecule has 0 aliphatic heterocycles. The van der Waals surface area contributed by atoms with E-state index in [2.05, 4.69) is 11.6 Å². The molecule has 19 heavy (non-hydrogen) atoms. The van der Waals surface area contributed by atoms with Gasteiger partial charge in [-0.3, -0.25) is 10.1 Å². The zero-order valence-corrected chi connectivity index (χ0v) is 12.0. The summed E-state index contributed by atoms with van der Waals surface area (Å²) in [7, 11) is 0. The van der Waals surface area contributed by atoms with Crippen molar-refractivity contribution in [3.63, 3.8) is 0 Å². The lowest BCUT2D eigenvalue weighted by Crippen LogP contribution is -2.03. The molecule has 0 unspecified atom stereocenters. The lowest BCUT2D eigenvalue weighted by molar-refractivity contribution is -0.383. The maximum Gasteiger partial charge on any atom is 0.292 e. The van der Waals surface area contributed by atoms with Gasteiger partial charge in [0.2, 0.25) is 0 Å². The molecule has 1 aromatic rings. The van der Waals surface area contributed by atoms with Crippen LogP contribution in [0.3, 0.4) is 0 Å². The number of thioether (sulfide) groups is 1.